The maximum Gasteiger partial charge on any atom is 0.349 e. The molecule has 2 aromatic rings. The van der Waals surface area contributed by atoms with E-state index in [1.54, 1.807) is 0 Å². The Morgan fingerprint density at radius 2 is 1.21 bits per heavy atom. The molecule has 0 unspecified atom stereocenters. The number of aromatic hydroxyl groups is 1. The van der Waals surface area contributed by atoms with E-state index >= 15 is 0 Å². The van der Waals surface area contributed by atoms with E-state index in [1.165, 1.54) is 42.7 Å². The van der Waals surface area contributed by atoms with Crippen molar-refractivity contribution in [1.29, 1.82) is 0 Å². The highest BCUT2D eigenvalue weighted by molar-refractivity contribution is 5.85. The number of carboxylic acid groups (broad SMARTS) is 1. The number of phenols is 1. The van der Waals surface area contributed by atoms with Gasteiger partial charge in [-0.3, -0.25) is 31.3 Å². The zero-order valence-corrected chi connectivity index (χ0v) is 22.6. The number of carbonyl (C=O) groups excluding carboxylic acids is 4. The number of hydrogen-bond acceptors (Lipinski definition) is 16. The van der Waals surface area contributed by atoms with Crippen molar-refractivity contribution in [2.75, 3.05) is 34.0 Å². The molecule has 0 saturated carbocycles. The number of nitro benzene ring substituents is 2. The number of phenolic OH excluding ortho intramolecular Hbond substituents is 1. The van der Waals surface area contributed by atoms with Crippen LogP contribution in [0.3, 0.4) is 0 Å². The summed E-state index contributed by atoms with van der Waals surface area (Å²) in [5.41, 5.74) is -0.162. The first-order valence-electron chi connectivity index (χ1n) is 10.8. The lowest BCUT2D eigenvalue weighted by molar-refractivity contribution is -0.385. The molecule has 2 N–H and O–H groups in total. The van der Waals surface area contributed by atoms with Crippen LogP contribution in [-0.4, -0.2) is 84.3 Å². The number of aliphatic carboxylic acids is 1. The van der Waals surface area contributed by atoms with Crippen LogP contribution in [-0.2, 0) is 38.2 Å². The van der Waals surface area contributed by atoms with E-state index in [2.05, 4.69) is 21.3 Å². The van der Waals surface area contributed by atoms with Gasteiger partial charge in [0.25, 0.3) is 17.3 Å². The number of ether oxygens (including phenoxy) is 4. The Labute approximate surface area is 243 Å². The number of hydrogen-bond donors (Lipinski definition) is 2. The Morgan fingerprint density at radius 1 is 0.767 bits per heavy atom. The lowest BCUT2D eigenvalue weighted by Gasteiger charge is -2.05. The van der Waals surface area contributed by atoms with Crippen molar-refractivity contribution in [3.05, 3.63) is 75.9 Å². The van der Waals surface area contributed by atoms with E-state index in [1.807, 2.05) is 0 Å². The molecule has 19 nitrogen and oxygen atoms in total. The molecule has 0 aliphatic heterocycles. The highest BCUT2D eigenvalue weighted by atomic mass is 16.6. The average molecular weight is 614 g/mol. The fourth-order valence-electron chi connectivity index (χ4n) is 1.89. The van der Waals surface area contributed by atoms with Gasteiger partial charge in [0, 0.05) is 24.3 Å². The van der Waals surface area contributed by atoms with Crippen molar-refractivity contribution in [3.63, 3.8) is 0 Å². The van der Waals surface area contributed by atoms with Crippen LogP contribution < -0.4 is 14.9 Å². The van der Waals surface area contributed by atoms with Crippen molar-refractivity contribution < 1.29 is 73.2 Å². The third-order valence-electron chi connectivity index (χ3n) is 3.48. The molecule has 2 rings (SSSR count). The number of benzene rings is 2. The molecule has 0 amide bonds. The lowest BCUT2D eigenvalue weighted by atomic mass is 10.3. The standard InChI is InChI=1S/C11H8NO7.C6H5NO3.C5H7O5.2CH3O/c13-6-5-10(14)18-7-11(15)19-9-3-1-8(2-4-9)12(16)17;8-6-3-1-5(2-4-6)7(9)10;1-9-3-5(8)10-2-4(6)7;2*1-2/h1-4H,5,7H2;1-4,8H;1-3H2,(H,6,7);2*1H3/q-1;;3*-1. The zero-order chi connectivity index (χ0) is 33.8. The Bertz CT molecular complexity index is 1140. The minimum absolute atomic E-state index is 0.0159. The molecule has 0 heterocycles. The van der Waals surface area contributed by atoms with Gasteiger partial charge >= 0.3 is 17.9 Å². The van der Waals surface area contributed by atoms with Crippen LogP contribution >= 0.6 is 0 Å². The fourth-order valence-corrected chi connectivity index (χ4v) is 1.89. The van der Waals surface area contributed by atoms with E-state index < -0.39 is 53.4 Å². The van der Waals surface area contributed by atoms with Crippen molar-refractivity contribution in [2.24, 2.45) is 0 Å². The van der Waals surface area contributed by atoms with Gasteiger partial charge in [-0.2, -0.15) is 14.2 Å². The topological polar surface area (TPSA) is 295 Å². The summed E-state index contributed by atoms with van der Waals surface area (Å²) >= 11 is 0. The molecule has 19 heteroatoms. The SMILES string of the molecule is C[O-].C[O-].O=[C-]CC(=O)OCC(=O)Oc1ccc([N+](=O)[O-])cc1.O=[N+]([O-])c1ccc(O)cc1.[CH2-]OCC(=O)OCC(=O)O. The summed E-state index contributed by atoms with van der Waals surface area (Å²) in [4.78, 5) is 71.2. The number of carboxylic acids is 1. The van der Waals surface area contributed by atoms with Gasteiger partial charge in [-0.05, 0) is 24.3 Å². The molecule has 0 aliphatic carbocycles. The molecule has 0 aromatic heterocycles. The van der Waals surface area contributed by atoms with Crippen LogP contribution in [0.4, 0.5) is 11.4 Å². The van der Waals surface area contributed by atoms with Crippen LogP contribution in [0, 0.1) is 27.3 Å². The maximum absolute atomic E-state index is 11.2. The van der Waals surface area contributed by atoms with Gasteiger partial charge in [-0.15, -0.1) is 0 Å². The van der Waals surface area contributed by atoms with Gasteiger partial charge in [0.15, 0.2) is 13.2 Å². The van der Waals surface area contributed by atoms with Gasteiger partial charge < -0.3 is 44.2 Å². The first-order valence-corrected chi connectivity index (χ1v) is 10.8. The molecular weight excluding hydrogens is 588 g/mol. The minimum atomic E-state index is -1.20. The van der Waals surface area contributed by atoms with E-state index in [0.29, 0.717) is 0 Å². The number of non-ortho nitro benzene ring substituents is 2. The van der Waals surface area contributed by atoms with Crippen LogP contribution in [0.15, 0.2) is 48.5 Å². The monoisotopic (exact) mass is 614 g/mol. The second kappa shape index (κ2) is 26.7. The molecule has 0 aliphatic rings. The molecule has 2 aromatic carbocycles. The molecule has 43 heavy (non-hydrogen) atoms. The number of nitrogens with zero attached hydrogens (tertiary/aromatic N) is 2. The third-order valence-corrected chi connectivity index (χ3v) is 3.48. The summed E-state index contributed by atoms with van der Waals surface area (Å²) in [5, 5.41) is 53.6. The smallest absolute Gasteiger partial charge is 0.349 e. The van der Waals surface area contributed by atoms with Gasteiger partial charge in [-0.25, -0.2) is 21.5 Å². The highest BCUT2D eigenvalue weighted by Crippen LogP contribution is 2.17. The number of nitro groups is 2. The molecule has 0 spiro atoms. The largest absolute Gasteiger partial charge is 0.857 e. The van der Waals surface area contributed by atoms with Gasteiger partial charge in [0.2, 0.25) is 0 Å². The van der Waals surface area contributed by atoms with Gasteiger partial charge in [0.1, 0.15) is 18.1 Å². The second-order valence-electron chi connectivity index (χ2n) is 6.38. The van der Waals surface area contributed by atoms with Crippen LogP contribution in [0.5, 0.6) is 11.5 Å². The third kappa shape index (κ3) is 24.0. The minimum Gasteiger partial charge on any atom is -0.857 e. The Balaban J connectivity index is -0.000000566. The van der Waals surface area contributed by atoms with E-state index in [0.717, 1.165) is 26.4 Å². The van der Waals surface area contributed by atoms with Gasteiger partial charge in [-0.1, -0.05) is 6.42 Å². The molecule has 0 bridgehead atoms. The summed E-state index contributed by atoms with van der Waals surface area (Å²) in [6.07, 6.45) is 0.753. The normalized spacial score (nSPS) is 8.67. The summed E-state index contributed by atoms with van der Waals surface area (Å²) in [5.74, 6) is -3.59. The van der Waals surface area contributed by atoms with Gasteiger partial charge in [0.05, 0.1) is 9.85 Å². The predicted molar refractivity (Wildman–Crippen MR) is 137 cm³/mol. The van der Waals surface area contributed by atoms with Crippen LogP contribution in [0.25, 0.3) is 0 Å². The van der Waals surface area contributed by atoms with E-state index in [4.69, 9.17) is 25.2 Å². The predicted octanol–water partition coefficient (Wildman–Crippen LogP) is -0.781. The summed E-state index contributed by atoms with van der Waals surface area (Å²) in [7, 11) is 4.40. The fraction of sp³-hybridized carbons (Fsp3) is 0.250. The average Bonchev–Trinajstić information content (AvgIpc) is 2.98. The van der Waals surface area contributed by atoms with Crippen molar-refractivity contribution >= 4 is 41.5 Å². The molecule has 0 saturated heterocycles. The van der Waals surface area contributed by atoms with Crippen molar-refractivity contribution in [2.45, 2.75) is 6.42 Å². The van der Waals surface area contributed by atoms with Crippen molar-refractivity contribution in [3.8, 4) is 11.5 Å². The van der Waals surface area contributed by atoms with Crippen molar-refractivity contribution in [1.82, 2.24) is 0 Å². The molecule has 0 atom stereocenters. The summed E-state index contributed by atoms with van der Waals surface area (Å²) in [6.45, 7) is -1.62. The summed E-state index contributed by atoms with van der Waals surface area (Å²) < 4.78 is 17.4. The maximum atomic E-state index is 11.2. The summed E-state index contributed by atoms with van der Waals surface area (Å²) in [6, 6.07) is 9.83. The first-order chi connectivity index (χ1) is 20.4. The molecule has 238 valence electrons. The molecule has 0 fully saturated rings. The van der Waals surface area contributed by atoms with Crippen LogP contribution in [0.2, 0.25) is 0 Å². The molecule has 0 radical (unpaired) electrons. The highest BCUT2D eigenvalue weighted by Gasteiger charge is 2.10. The van der Waals surface area contributed by atoms with Crippen LogP contribution in [0.1, 0.15) is 6.42 Å². The quantitative estimate of drug-likeness (QED) is 0.0783. The zero-order valence-electron chi connectivity index (χ0n) is 22.6. The molecular formula is C24H26N2O17-4. The Kier molecular flexibility index (Phi) is 26.0. The second-order valence-corrected chi connectivity index (χ2v) is 6.38. The first kappa shape index (κ1) is 41.9. The lowest BCUT2D eigenvalue weighted by Crippen LogP contribution is -2.18. The van der Waals surface area contributed by atoms with E-state index in [-0.39, 0.29) is 29.5 Å². The number of esters is 3. The Hall–Kier alpha value is -5.53. The van der Waals surface area contributed by atoms with E-state index in [9.17, 15) is 44.2 Å². The number of carbonyl (C=O) groups is 4. The Morgan fingerprint density at radius 3 is 1.60 bits per heavy atom. The number of rotatable bonds is 11.